The molecule has 1 fully saturated rings. The van der Waals surface area contributed by atoms with E-state index in [0.29, 0.717) is 24.7 Å². The van der Waals surface area contributed by atoms with Crippen molar-refractivity contribution in [2.75, 3.05) is 19.7 Å². The number of carboxylic acids is 1. The summed E-state index contributed by atoms with van der Waals surface area (Å²) < 4.78 is 5.53. The molecule has 21 heavy (non-hydrogen) atoms. The zero-order valence-electron chi connectivity index (χ0n) is 12.0. The number of carbonyl (C=O) groups excluding carboxylic acids is 1. The third-order valence-corrected chi connectivity index (χ3v) is 4.36. The summed E-state index contributed by atoms with van der Waals surface area (Å²) >= 11 is 1.23. The van der Waals surface area contributed by atoms with Crippen molar-refractivity contribution in [3.05, 3.63) is 16.1 Å². The molecule has 7 nitrogen and oxygen atoms in total. The minimum Gasteiger partial charge on any atom is -0.476 e. The van der Waals surface area contributed by atoms with Crippen molar-refractivity contribution in [2.24, 2.45) is 0 Å². The summed E-state index contributed by atoms with van der Waals surface area (Å²) in [4.78, 5) is 28.7. The minimum absolute atomic E-state index is 0.00789. The molecule has 2 amide bonds. The Hall–Kier alpha value is -1.67. The lowest BCUT2D eigenvalue weighted by Gasteiger charge is -2.33. The average molecular weight is 313 g/mol. The van der Waals surface area contributed by atoms with Gasteiger partial charge in [-0.25, -0.2) is 14.6 Å². The topological polar surface area (TPSA) is 91.8 Å². The van der Waals surface area contributed by atoms with E-state index < -0.39 is 5.97 Å². The monoisotopic (exact) mass is 313 g/mol. The molecule has 2 atom stereocenters. The molecule has 116 valence electrons. The molecule has 2 unspecified atom stereocenters. The molecule has 0 radical (unpaired) electrons. The van der Waals surface area contributed by atoms with E-state index in [1.165, 1.54) is 16.7 Å². The highest BCUT2D eigenvalue weighted by molar-refractivity contribution is 7.09. The van der Waals surface area contributed by atoms with Gasteiger partial charge in [-0.1, -0.05) is 6.92 Å². The van der Waals surface area contributed by atoms with E-state index in [4.69, 9.17) is 9.84 Å². The van der Waals surface area contributed by atoms with Crippen molar-refractivity contribution in [3.63, 3.8) is 0 Å². The van der Waals surface area contributed by atoms with Crippen LogP contribution in [0.2, 0.25) is 0 Å². The molecule has 1 saturated heterocycles. The zero-order chi connectivity index (χ0) is 15.4. The van der Waals surface area contributed by atoms with Gasteiger partial charge in [-0.3, -0.25) is 0 Å². The molecule has 1 aliphatic heterocycles. The summed E-state index contributed by atoms with van der Waals surface area (Å²) in [5.74, 6) is -1.06. The Morgan fingerprint density at radius 2 is 2.43 bits per heavy atom. The lowest BCUT2D eigenvalue weighted by Crippen LogP contribution is -2.49. The van der Waals surface area contributed by atoms with E-state index in [-0.39, 0.29) is 23.9 Å². The summed E-state index contributed by atoms with van der Waals surface area (Å²) in [5.41, 5.74) is 0.00789. The number of hydrogen-bond acceptors (Lipinski definition) is 5. The molecule has 1 aromatic heterocycles. The molecule has 1 aliphatic rings. The molecule has 8 heteroatoms. The first kappa shape index (κ1) is 15.7. The molecule has 2 heterocycles. The number of hydrogen-bond donors (Lipinski definition) is 2. The first-order valence-electron chi connectivity index (χ1n) is 6.87. The molecule has 1 aromatic rings. The number of aromatic carboxylic acids is 1. The Morgan fingerprint density at radius 1 is 1.67 bits per heavy atom. The smallest absolute Gasteiger partial charge is 0.355 e. The standard InChI is InChI=1S/C13H19N3O4S/c1-3-9-6-16(4-5-20-9)13(19)14-8(2)11-15-10(7-21-11)12(17)18/h7-9H,3-6H2,1-2H3,(H,14,19)(H,17,18). The third-order valence-electron chi connectivity index (χ3n) is 3.33. The number of rotatable bonds is 4. The van der Waals surface area contributed by atoms with Gasteiger partial charge in [-0.05, 0) is 13.3 Å². The number of carboxylic acid groups (broad SMARTS) is 1. The van der Waals surface area contributed by atoms with Crippen LogP contribution < -0.4 is 5.32 Å². The third kappa shape index (κ3) is 3.92. The Morgan fingerprint density at radius 3 is 3.05 bits per heavy atom. The molecule has 0 bridgehead atoms. The quantitative estimate of drug-likeness (QED) is 0.883. The van der Waals surface area contributed by atoms with Crippen LogP contribution in [0.4, 0.5) is 4.79 Å². The van der Waals surface area contributed by atoms with Crippen molar-refractivity contribution < 1.29 is 19.4 Å². The number of morpholine rings is 1. The summed E-state index contributed by atoms with van der Waals surface area (Å²) in [6, 6.07) is -0.491. The summed E-state index contributed by atoms with van der Waals surface area (Å²) in [6.07, 6.45) is 0.951. The highest BCUT2D eigenvalue weighted by Crippen LogP contribution is 2.18. The predicted octanol–water partition coefficient (Wildman–Crippen LogP) is 1.72. The van der Waals surface area contributed by atoms with E-state index in [2.05, 4.69) is 10.3 Å². The summed E-state index contributed by atoms with van der Waals surface area (Å²) in [6.45, 7) is 5.50. The maximum atomic E-state index is 12.2. The number of nitrogens with one attached hydrogen (secondary N) is 1. The van der Waals surface area contributed by atoms with Crippen molar-refractivity contribution in [1.82, 2.24) is 15.2 Å². The second-order valence-electron chi connectivity index (χ2n) is 4.89. The van der Waals surface area contributed by atoms with Gasteiger partial charge < -0.3 is 20.1 Å². The Bertz CT molecular complexity index is 519. The SMILES string of the molecule is CCC1CN(C(=O)NC(C)c2nc(C(=O)O)cs2)CCO1. The fraction of sp³-hybridized carbons (Fsp3) is 0.615. The Labute approximate surface area is 126 Å². The normalized spacial score (nSPS) is 20.1. The molecule has 0 aliphatic carbocycles. The van der Waals surface area contributed by atoms with Crippen molar-refractivity contribution in [1.29, 1.82) is 0 Å². The number of carbonyl (C=O) groups is 2. The largest absolute Gasteiger partial charge is 0.476 e. The number of nitrogens with zero attached hydrogens (tertiary/aromatic N) is 2. The van der Waals surface area contributed by atoms with Crippen LogP contribution in [-0.2, 0) is 4.74 Å². The average Bonchev–Trinajstić information content (AvgIpc) is 2.97. The van der Waals surface area contributed by atoms with Gasteiger partial charge in [0.15, 0.2) is 5.69 Å². The van der Waals surface area contributed by atoms with Crippen LogP contribution in [0.25, 0.3) is 0 Å². The summed E-state index contributed by atoms with van der Waals surface area (Å²) in [5, 5.41) is 13.8. The van der Waals surface area contributed by atoms with Crippen LogP contribution in [0, 0.1) is 0 Å². The zero-order valence-corrected chi connectivity index (χ0v) is 12.9. The van der Waals surface area contributed by atoms with Gasteiger partial charge in [0.05, 0.1) is 18.8 Å². The molecular weight excluding hydrogens is 294 g/mol. The first-order valence-corrected chi connectivity index (χ1v) is 7.75. The summed E-state index contributed by atoms with van der Waals surface area (Å²) in [7, 11) is 0. The van der Waals surface area contributed by atoms with Gasteiger partial charge in [0.1, 0.15) is 5.01 Å². The highest BCUT2D eigenvalue weighted by atomic mass is 32.1. The number of amides is 2. The molecular formula is C13H19N3O4S. The van der Waals surface area contributed by atoms with Gasteiger partial charge in [0.2, 0.25) is 0 Å². The van der Waals surface area contributed by atoms with E-state index in [1.807, 2.05) is 6.92 Å². The van der Waals surface area contributed by atoms with Crippen LogP contribution in [0.5, 0.6) is 0 Å². The number of aromatic nitrogens is 1. The Kier molecular flexibility index (Phi) is 5.13. The lowest BCUT2D eigenvalue weighted by atomic mass is 10.2. The van der Waals surface area contributed by atoms with Crippen molar-refractivity contribution in [2.45, 2.75) is 32.4 Å². The highest BCUT2D eigenvalue weighted by Gasteiger charge is 2.25. The maximum Gasteiger partial charge on any atom is 0.355 e. The fourth-order valence-electron chi connectivity index (χ4n) is 2.07. The fourth-order valence-corrected chi connectivity index (χ4v) is 2.87. The van der Waals surface area contributed by atoms with E-state index in [0.717, 1.165) is 6.42 Å². The van der Waals surface area contributed by atoms with Crippen LogP contribution >= 0.6 is 11.3 Å². The molecule has 2 N–H and O–H groups in total. The Balaban J connectivity index is 1.93. The van der Waals surface area contributed by atoms with Crippen molar-refractivity contribution >= 4 is 23.3 Å². The van der Waals surface area contributed by atoms with E-state index >= 15 is 0 Å². The van der Waals surface area contributed by atoms with Crippen LogP contribution in [-0.4, -0.2) is 52.8 Å². The molecule has 0 saturated carbocycles. The van der Waals surface area contributed by atoms with Gasteiger partial charge in [-0.15, -0.1) is 11.3 Å². The first-order chi connectivity index (χ1) is 10.0. The number of thiazole rings is 1. The predicted molar refractivity (Wildman–Crippen MR) is 77.6 cm³/mol. The second-order valence-corrected chi connectivity index (χ2v) is 5.78. The number of urea groups is 1. The molecule has 0 aromatic carbocycles. The van der Waals surface area contributed by atoms with Crippen molar-refractivity contribution in [3.8, 4) is 0 Å². The van der Waals surface area contributed by atoms with Gasteiger partial charge >= 0.3 is 12.0 Å². The van der Waals surface area contributed by atoms with E-state index in [1.54, 1.807) is 11.8 Å². The lowest BCUT2D eigenvalue weighted by molar-refractivity contribution is -0.0156. The maximum absolute atomic E-state index is 12.2. The van der Waals surface area contributed by atoms with E-state index in [9.17, 15) is 9.59 Å². The van der Waals surface area contributed by atoms with Crippen LogP contribution in [0.15, 0.2) is 5.38 Å². The minimum atomic E-state index is -1.06. The van der Waals surface area contributed by atoms with Gasteiger partial charge in [0.25, 0.3) is 0 Å². The second kappa shape index (κ2) is 6.86. The van der Waals surface area contributed by atoms with Crippen LogP contribution in [0.3, 0.4) is 0 Å². The molecule has 0 spiro atoms. The molecule has 2 rings (SSSR count). The van der Waals surface area contributed by atoms with Gasteiger partial charge in [-0.2, -0.15) is 0 Å². The number of ether oxygens (including phenoxy) is 1. The van der Waals surface area contributed by atoms with Crippen LogP contribution in [0.1, 0.15) is 41.8 Å². The van der Waals surface area contributed by atoms with Gasteiger partial charge in [0, 0.05) is 18.5 Å².